The zero-order valence-corrected chi connectivity index (χ0v) is 34.6. The number of carboxylic acid groups (broad SMARTS) is 2. The van der Waals surface area contributed by atoms with Crippen molar-refractivity contribution in [1.82, 2.24) is 15.0 Å². The maximum Gasteiger partial charge on any atom is 0.425 e. The highest BCUT2D eigenvalue weighted by molar-refractivity contribution is 7.85. The summed E-state index contributed by atoms with van der Waals surface area (Å²) in [5, 5.41) is 35.7. The Morgan fingerprint density at radius 1 is 0.790 bits per heavy atom. The van der Waals surface area contributed by atoms with Crippen molar-refractivity contribution in [1.29, 1.82) is 0 Å². The van der Waals surface area contributed by atoms with E-state index < -0.39 is 38.4 Å². The summed E-state index contributed by atoms with van der Waals surface area (Å²) in [5.74, 6) is -1.17. The molecule has 0 saturated heterocycles. The highest BCUT2D eigenvalue weighted by Crippen LogP contribution is 2.32. The van der Waals surface area contributed by atoms with Gasteiger partial charge in [0.15, 0.2) is 0 Å². The minimum Gasteiger partial charge on any atom is -0.493 e. The van der Waals surface area contributed by atoms with Crippen LogP contribution in [0.15, 0.2) is 111 Å². The van der Waals surface area contributed by atoms with Crippen LogP contribution in [0.2, 0.25) is 0 Å². The molecule has 0 unspecified atom stereocenters. The fourth-order valence-electron chi connectivity index (χ4n) is 5.14. The average molecular weight is 891 g/mol. The van der Waals surface area contributed by atoms with Gasteiger partial charge in [-0.2, -0.15) is 48.4 Å². The molecule has 5 aromatic rings. The number of carboxylic acids is 2. The van der Waals surface area contributed by atoms with Crippen molar-refractivity contribution in [3.8, 4) is 5.75 Å². The van der Waals surface area contributed by atoms with Crippen molar-refractivity contribution in [3.63, 3.8) is 0 Å². The van der Waals surface area contributed by atoms with Gasteiger partial charge in [0.2, 0.25) is 5.95 Å². The summed E-state index contributed by atoms with van der Waals surface area (Å²) in [5.41, 5.74) is 4.38. The van der Waals surface area contributed by atoms with Crippen LogP contribution < -0.4 is 9.64 Å². The van der Waals surface area contributed by atoms with Crippen LogP contribution in [0.5, 0.6) is 5.75 Å². The Morgan fingerprint density at radius 3 is 1.97 bits per heavy atom. The van der Waals surface area contributed by atoms with Crippen molar-refractivity contribution in [2.24, 2.45) is 20.5 Å². The lowest BCUT2D eigenvalue weighted by atomic mass is 10.1. The number of aliphatic carboxylic acids is 1. The first-order valence-electron chi connectivity index (χ1n) is 17.9. The van der Waals surface area contributed by atoms with Gasteiger partial charge in [0.05, 0.1) is 47.1 Å². The first-order valence-corrected chi connectivity index (χ1v) is 20.5. The fourth-order valence-corrected chi connectivity index (χ4v) is 5.63. The van der Waals surface area contributed by atoms with Crippen LogP contribution in [0.3, 0.4) is 0 Å². The van der Waals surface area contributed by atoms with Crippen LogP contribution in [0, 0.1) is 6.92 Å². The number of aromatic nitrogens is 3. The van der Waals surface area contributed by atoms with Gasteiger partial charge in [-0.1, -0.05) is 36.4 Å². The van der Waals surface area contributed by atoms with E-state index in [1.807, 2.05) is 54.6 Å². The molecule has 23 heteroatoms. The van der Waals surface area contributed by atoms with Gasteiger partial charge in [-0.05, 0) is 73.0 Å². The van der Waals surface area contributed by atoms with Gasteiger partial charge in [-0.25, -0.2) is 9.78 Å². The van der Waals surface area contributed by atoms with E-state index in [1.165, 1.54) is 12.1 Å². The first-order chi connectivity index (χ1) is 29.5. The Balaban J connectivity index is 0.00000136. The van der Waals surface area contributed by atoms with E-state index in [2.05, 4.69) is 30.4 Å². The molecule has 0 atom stereocenters. The quantitative estimate of drug-likeness (QED) is 0.0526. The lowest BCUT2D eigenvalue weighted by Crippen LogP contribution is -2.24. The number of aromatic carboxylic acids is 1. The van der Waals surface area contributed by atoms with Crippen molar-refractivity contribution in [2.75, 3.05) is 30.9 Å². The van der Waals surface area contributed by atoms with Crippen LogP contribution in [-0.4, -0.2) is 94.8 Å². The SMILES string of the molecule is Cc1cc(Cc2nc(Cc3ccc(N=Nc4ccccc4)cc3)nc(N(C)CCC(=O)O)n2)c(OCCCS(=O)(=O)O)cc1N=Nc1cccc(C(=O)O)c1.O=C=O.O=S(=O)=O. The number of hydrogen-bond acceptors (Lipinski definition) is 18. The summed E-state index contributed by atoms with van der Waals surface area (Å²) in [7, 11) is -5.62. The average Bonchev–Trinajstić information content (AvgIpc) is 3.21. The number of aryl methyl sites for hydroxylation is 1. The molecule has 4 aromatic carbocycles. The summed E-state index contributed by atoms with van der Waals surface area (Å²) < 4.78 is 63.2. The van der Waals surface area contributed by atoms with E-state index in [9.17, 15) is 32.8 Å². The number of benzene rings is 4. The van der Waals surface area contributed by atoms with Crippen molar-refractivity contribution in [3.05, 3.63) is 125 Å². The summed E-state index contributed by atoms with van der Waals surface area (Å²) in [6.45, 7) is 1.90. The zero-order valence-electron chi connectivity index (χ0n) is 32.9. The van der Waals surface area contributed by atoms with Gasteiger partial charge >= 0.3 is 28.7 Å². The van der Waals surface area contributed by atoms with Gasteiger partial charge in [-0.3, -0.25) is 9.35 Å². The molecule has 1 heterocycles. The van der Waals surface area contributed by atoms with Crippen LogP contribution in [-0.2, 0) is 48.0 Å². The van der Waals surface area contributed by atoms with Gasteiger partial charge in [-0.15, -0.1) is 12.6 Å². The molecule has 0 aliphatic heterocycles. The third kappa shape index (κ3) is 18.2. The van der Waals surface area contributed by atoms with E-state index in [4.69, 9.17) is 31.9 Å². The molecule has 5 rings (SSSR count). The number of azo groups is 2. The molecule has 0 spiro atoms. The molecule has 3 N–H and O–H groups in total. The zero-order chi connectivity index (χ0) is 45.7. The van der Waals surface area contributed by atoms with Crippen molar-refractivity contribution >= 4 is 67.5 Å². The Kier molecular flexibility index (Phi) is 19.4. The fraction of sp³-hybridized carbons (Fsp3) is 0.231. The largest absolute Gasteiger partial charge is 0.493 e. The van der Waals surface area contributed by atoms with E-state index in [0.717, 1.165) is 11.3 Å². The predicted octanol–water partition coefficient (Wildman–Crippen LogP) is 5.87. The summed E-state index contributed by atoms with van der Waals surface area (Å²) in [6.07, 6.45) is 0.585. The molecule has 0 amide bonds. The number of ether oxygens (including phenoxy) is 1. The summed E-state index contributed by atoms with van der Waals surface area (Å²) >= 11 is 0. The van der Waals surface area contributed by atoms with Crippen LogP contribution >= 0.6 is 0 Å². The number of anilines is 1. The number of rotatable bonds is 18. The maximum atomic E-state index is 11.4. The Morgan fingerprint density at radius 2 is 1.37 bits per heavy atom. The number of nitrogens with zero attached hydrogens (tertiary/aromatic N) is 8. The molecular weight excluding hydrogens is 853 g/mol. The van der Waals surface area contributed by atoms with Gasteiger partial charge in [0.1, 0.15) is 17.4 Å². The molecule has 324 valence electrons. The lowest BCUT2D eigenvalue weighted by Gasteiger charge is -2.18. The first kappa shape index (κ1) is 48.9. The third-order valence-corrected chi connectivity index (χ3v) is 8.76. The molecule has 62 heavy (non-hydrogen) atoms. The molecule has 0 radical (unpaired) electrons. The van der Waals surface area contributed by atoms with Crippen LogP contribution in [0.1, 0.15) is 51.5 Å². The normalized spacial score (nSPS) is 10.8. The highest BCUT2D eigenvalue weighted by Gasteiger charge is 2.17. The molecule has 0 fully saturated rings. The molecule has 0 aliphatic rings. The monoisotopic (exact) mass is 890 g/mol. The van der Waals surface area contributed by atoms with E-state index in [-0.39, 0.29) is 50.1 Å². The smallest absolute Gasteiger partial charge is 0.425 e. The second-order valence-electron chi connectivity index (χ2n) is 12.7. The number of carbonyl (C=O) groups is 2. The Hall–Kier alpha value is -7.46. The van der Waals surface area contributed by atoms with E-state index in [1.54, 1.807) is 43.1 Å². The number of carbonyl (C=O) groups excluding carboxylic acids is 2. The van der Waals surface area contributed by atoms with Crippen LogP contribution in [0.4, 0.5) is 28.7 Å². The Labute approximate surface area is 355 Å². The second kappa shape index (κ2) is 24.6. The lowest BCUT2D eigenvalue weighted by molar-refractivity contribution is -0.191. The summed E-state index contributed by atoms with van der Waals surface area (Å²) in [6, 6.07) is 26.3. The standard InChI is InChI=1S/C38H38N8O8S.CO2.O3S/c1-25-20-28(33(54-18-7-19-55(51,52)53)24-32(25)45-44-31-11-6-8-27(22-31)37(49)50)23-35-39-34(40-38(41-35)46(2)17-16-36(47)48)21-26-12-14-30(15-13-26)43-42-29-9-4-3-5-10-29;2-1-3;1-4(2)3/h3-6,8-15,20,22,24H,7,16-19,21,23H2,1-2H3,(H,47,48)(H,49,50)(H,51,52,53);;. The minimum atomic E-state index is -4.21. The summed E-state index contributed by atoms with van der Waals surface area (Å²) in [4.78, 5) is 54.7. The van der Waals surface area contributed by atoms with E-state index >= 15 is 0 Å². The Bertz CT molecular complexity index is 2640. The van der Waals surface area contributed by atoms with Crippen molar-refractivity contribution in [2.45, 2.75) is 32.6 Å². The third-order valence-electron chi connectivity index (χ3n) is 7.95. The second-order valence-corrected chi connectivity index (χ2v) is 14.6. The molecule has 0 saturated carbocycles. The van der Waals surface area contributed by atoms with Gasteiger partial charge < -0.3 is 19.8 Å². The molecule has 0 bridgehead atoms. The van der Waals surface area contributed by atoms with Crippen molar-refractivity contribution < 1.29 is 59.7 Å². The predicted molar refractivity (Wildman–Crippen MR) is 218 cm³/mol. The highest BCUT2D eigenvalue weighted by atomic mass is 32.2. The van der Waals surface area contributed by atoms with Gasteiger partial charge in [0, 0.05) is 38.1 Å². The van der Waals surface area contributed by atoms with E-state index in [0.29, 0.717) is 52.0 Å². The van der Waals surface area contributed by atoms with Gasteiger partial charge in [0.25, 0.3) is 10.1 Å². The number of hydrogen-bond donors (Lipinski definition) is 3. The molecular formula is C39H38N8O13S2. The molecule has 21 nitrogen and oxygen atoms in total. The molecule has 1 aromatic heterocycles. The minimum absolute atomic E-state index is 0.00578. The molecule has 0 aliphatic carbocycles. The van der Waals surface area contributed by atoms with Crippen LogP contribution in [0.25, 0.3) is 0 Å². The maximum absolute atomic E-state index is 11.4. The topological polar surface area (TPSA) is 315 Å².